The van der Waals surface area contributed by atoms with Crippen molar-refractivity contribution in [3.05, 3.63) is 28.5 Å². The Hall–Kier alpha value is -0.700. The summed E-state index contributed by atoms with van der Waals surface area (Å²) in [6.45, 7) is 3.80. The lowest BCUT2D eigenvalue weighted by atomic mass is 10.1. The quantitative estimate of drug-likeness (QED) is 0.582. The first-order valence-electron chi connectivity index (χ1n) is 6.08. The van der Waals surface area contributed by atoms with Crippen LogP contribution < -0.4 is 0 Å². The molecule has 2 heterocycles. The van der Waals surface area contributed by atoms with Crippen LogP contribution in [0.3, 0.4) is 0 Å². The van der Waals surface area contributed by atoms with Gasteiger partial charge in [-0.1, -0.05) is 0 Å². The Morgan fingerprint density at radius 1 is 0.818 bits per heavy atom. The van der Waals surface area contributed by atoms with E-state index in [1.54, 1.807) is 0 Å². The van der Waals surface area contributed by atoms with E-state index in [9.17, 15) is 9.59 Å². The Bertz CT molecular complexity index is 697. The van der Waals surface area contributed by atoms with Crippen LogP contribution in [0.1, 0.15) is 29.1 Å². The van der Waals surface area contributed by atoms with Gasteiger partial charge in [-0.3, -0.25) is 0 Å². The van der Waals surface area contributed by atoms with E-state index >= 15 is 0 Å². The van der Waals surface area contributed by atoms with Crippen molar-refractivity contribution in [1.29, 1.82) is 0 Å². The number of hydrogen-bond donors (Lipinski definition) is 0. The fourth-order valence-corrected chi connectivity index (χ4v) is 5.45. The maximum absolute atomic E-state index is 12.1. The Morgan fingerprint density at radius 2 is 1.14 bits per heavy atom. The van der Waals surface area contributed by atoms with Gasteiger partial charge in [0.2, 0.25) is 0 Å². The van der Waals surface area contributed by atoms with Crippen molar-refractivity contribution in [2.24, 2.45) is 0 Å². The highest BCUT2D eigenvalue weighted by atomic mass is 79.9. The van der Waals surface area contributed by atoms with Crippen LogP contribution in [0.15, 0.2) is 8.95 Å². The number of carbonyl (C=O) groups excluding carboxylic acids is 2. The molecule has 0 bridgehead atoms. The lowest BCUT2D eigenvalue weighted by Gasteiger charge is -2.06. The third kappa shape index (κ3) is 2.89. The molecule has 0 spiro atoms. The van der Waals surface area contributed by atoms with Crippen molar-refractivity contribution < 1.29 is 19.1 Å². The fraction of sp³-hybridized carbons (Fsp3) is 0.286. The fourth-order valence-electron chi connectivity index (χ4n) is 1.97. The normalized spacial score (nSPS) is 10.6. The molecule has 0 fully saturated rings. The summed E-state index contributed by atoms with van der Waals surface area (Å²) in [5, 5.41) is 0. The lowest BCUT2D eigenvalue weighted by Crippen LogP contribution is -2.03. The van der Waals surface area contributed by atoms with E-state index in [1.165, 1.54) is 36.9 Å². The summed E-state index contributed by atoms with van der Waals surface area (Å²) in [5.41, 5.74) is 1.32. The van der Waals surface area contributed by atoms with Crippen molar-refractivity contribution in [1.82, 2.24) is 0 Å². The topological polar surface area (TPSA) is 52.6 Å². The van der Waals surface area contributed by atoms with Crippen LogP contribution in [0, 0.1) is 13.8 Å². The van der Waals surface area contributed by atoms with Gasteiger partial charge in [0.25, 0.3) is 0 Å². The lowest BCUT2D eigenvalue weighted by molar-refractivity contribution is 0.0595. The molecule has 4 nitrogen and oxygen atoms in total. The molecule has 0 aliphatic rings. The van der Waals surface area contributed by atoms with Gasteiger partial charge in [0.05, 0.1) is 14.2 Å². The molecule has 8 heteroatoms. The molecule has 2 aromatic heterocycles. The number of carbonyl (C=O) groups is 2. The predicted molar refractivity (Wildman–Crippen MR) is 95.2 cm³/mol. The first-order chi connectivity index (χ1) is 10.3. The zero-order chi connectivity index (χ0) is 16.6. The maximum Gasteiger partial charge on any atom is 0.348 e. The largest absolute Gasteiger partial charge is 0.465 e. The van der Waals surface area contributed by atoms with Crippen LogP contribution in [0.4, 0.5) is 0 Å². The average molecular weight is 468 g/mol. The molecule has 2 aromatic rings. The summed E-state index contributed by atoms with van der Waals surface area (Å²) in [6, 6.07) is 0. The summed E-state index contributed by atoms with van der Waals surface area (Å²) in [6.07, 6.45) is 0. The second-order valence-electron chi connectivity index (χ2n) is 4.34. The molecule has 0 saturated carbocycles. The van der Waals surface area contributed by atoms with Gasteiger partial charge in [-0.25, -0.2) is 9.59 Å². The molecule has 0 unspecified atom stereocenters. The number of esters is 2. The Labute approximate surface area is 152 Å². The monoisotopic (exact) mass is 466 g/mol. The number of rotatable bonds is 3. The third-order valence-corrected chi connectivity index (χ3v) is 7.69. The minimum absolute atomic E-state index is 0.430. The average Bonchev–Trinajstić information content (AvgIpc) is 2.96. The smallest absolute Gasteiger partial charge is 0.348 e. The number of halogens is 2. The van der Waals surface area contributed by atoms with E-state index in [0.29, 0.717) is 20.9 Å². The molecule has 0 saturated heterocycles. The van der Waals surface area contributed by atoms with Gasteiger partial charge in [0.15, 0.2) is 0 Å². The molecule has 118 valence electrons. The summed E-state index contributed by atoms with van der Waals surface area (Å²) in [5.74, 6) is -0.860. The van der Waals surface area contributed by atoms with E-state index in [-0.39, 0.29) is 0 Å². The summed E-state index contributed by atoms with van der Waals surface area (Å²) < 4.78 is 11.3. The maximum atomic E-state index is 12.1. The van der Waals surface area contributed by atoms with E-state index in [4.69, 9.17) is 9.47 Å². The summed E-state index contributed by atoms with van der Waals surface area (Å²) >= 11 is 9.69. The second-order valence-corrected chi connectivity index (χ2v) is 8.37. The van der Waals surface area contributed by atoms with Gasteiger partial charge in [0, 0.05) is 29.8 Å². The zero-order valence-corrected chi connectivity index (χ0v) is 17.0. The zero-order valence-electron chi connectivity index (χ0n) is 12.2. The van der Waals surface area contributed by atoms with Crippen LogP contribution in [-0.2, 0) is 9.47 Å². The number of ether oxygens (including phenoxy) is 2. The number of hydrogen-bond acceptors (Lipinski definition) is 6. The van der Waals surface area contributed by atoms with Crippen molar-refractivity contribution in [3.8, 4) is 11.1 Å². The highest BCUT2D eigenvalue weighted by Crippen LogP contribution is 2.48. The van der Waals surface area contributed by atoms with Crippen molar-refractivity contribution in [3.63, 3.8) is 0 Å². The van der Waals surface area contributed by atoms with Gasteiger partial charge < -0.3 is 9.47 Å². The SMILES string of the molecule is COC(=O)c1sc(C)c(Br)c1-c1c(C(=O)OC)sc(C)c1Br. The van der Waals surface area contributed by atoms with Crippen molar-refractivity contribution >= 4 is 66.5 Å². The molecular formula is C14H12Br2O4S2. The Morgan fingerprint density at radius 3 is 1.41 bits per heavy atom. The van der Waals surface area contributed by atoms with Gasteiger partial charge in [0.1, 0.15) is 9.75 Å². The highest BCUT2D eigenvalue weighted by molar-refractivity contribution is 9.11. The summed E-state index contributed by atoms with van der Waals surface area (Å²) in [7, 11) is 2.68. The number of aryl methyl sites for hydroxylation is 2. The summed E-state index contributed by atoms with van der Waals surface area (Å²) in [4.78, 5) is 26.9. The highest BCUT2D eigenvalue weighted by Gasteiger charge is 2.29. The minimum atomic E-state index is -0.430. The Kier molecular flexibility index (Phi) is 5.47. The molecule has 0 aromatic carbocycles. The first-order valence-corrected chi connectivity index (χ1v) is 9.30. The van der Waals surface area contributed by atoms with Gasteiger partial charge in [-0.2, -0.15) is 0 Å². The van der Waals surface area contributed by atoms with Crippen LogP contribution in [0.2, 0.25) is 0 Å². The van der Waals surface area contributed by atoms with Crippen LogP contribution >= 0.6 is 54.5 Å². The molecule has 0 N–H and O–H groups in total. The first kappa shape index (κ1) is 17.7. The van der Waals surface area contributed by atoms with Crippen LogP contribution in [-0.4, -0.2) is 26.2 Å². The van der Waals surface area contributed by atoms with Gasteiger partial charge in [-0.05, 0) is 45.7 Å². The standard InChI is InChI=1S/C14H12Br2O4S2/c1-5-9(15)7(11(21-5)13(17)19-3)8-10(16)6(2)22-12(8)14(18)20-4/h1-4H3. The van der Waals surface area contributed by atoms with E-state index in [2.05, 4.69) is 31.9 Å². The predicted octanol–water partition coefficient (Wildman–Crippen LogP) is 5.19. The van der Waals surface area contributed by atoms with Gasteiger partial charge >= 0.3 is 11.9 Å². The molecule has 0 radical (unpaired) electrons. The van der Waals surface area contributed by atoms with E-state index in [0.717, 1.165) is 18.7 Å². The molecular weight excluding hydrogens is 456 g/mol. The van der Waals surface area contributed by atoms with Crippen LogP contribution in [0.5, 0.6) is 0 Å². The number of methoxy groups -OCH3 is 2. The van der Waals surface area contributed by atoms with Crippen molar-refractivity contribution in [2.75, 3.05) is 14.2 Å². The molecule has 0 aliphatic carbocycles. The van der Waals surface area contributed by atoms with E-state index in [1.807, 2.05) is 13.8 Å². The van der Waals surface area contributed by atoms with Gasteiger partial charge in [-0.15, -0.1) is 22.7 Å². The second kappa shape index (κ2) is 6.82. The molecule has 0 amide bonds. The molecule has 0 aliphatic heterocycles. The van der Waals surface area contributed by atoms with E-state index < -0.39 is 11.9 Å². The van der Waals surface area contributed by atoms with Crippen molar-refractivity contribution in [2.45, 2.75) is 13.8 Å². The molecule has 2 rings (SSSR count). The van der Waals surface area contributed by atoms with Crippen LogP contribution in [0.25, 0.3) is 11.1 Å². The number of thiophene rings is 2. The minimum Gasteiger partial charge on any atom is -0.465 e. The third-order valence-electron chi connectivity index (χ3n) is 3.01. The molecule has 22 heavy (non-hydrogen) atoms. The molecule has 0 atom stereocenters. The Balaban J connectivity index is 2.82.